The van der Waals surface area contributed by atoms with E-state index in [9.17, 15) is 4.79 Å². The number of hydrogen-bond acceptors (Lipinski definition) is 4. The molecule has 1 aromatic heterocycles. The number of nitrogens with zero attached hydrogens (tertiary/aromatic N) is 3. The molecule has 2 N–H and O–H groups in total. The van der Waals surface area contributed by atoms with Crippen molar-refractivity contribution in [3.05, 3.63) is 18.3 Å². The summed E-state index contributed by atoms with van der Waals surface area (Å²) >= 11 is 0. The summed E-state index contributed by atoms with van der Waals surface area (Å²) in [7, 11) is 0. The molecule has 0 radical (unpaired) electrons. The van der Waals surface area contributed by atoms with Crippen molar-refractivity contribution in [2.24, 2.45) is 0 Å². The van der Waals surface area contributed by atoms with Crippen molar-refractivity contribution >= 4 is 17.6 Å². The van der Waals surface area contributed by atoms with Gasteiger partial charge < -0.3 is 10.0 Å². The van der Waals surface area contributed by atoms with Crippen LogP contribution in [0.3, 0.4) is 0 Å². The van der Waals surface area contributed by atoms with Crippen LogP contribution < -0.4 is 10.2 Å². The Morgan fingerprint density at radius 2 is 1.52 bits per heavy atom. The van der Waals surface area contributed by atoms with E-state index in [1.54, 1.807) is 12.3 Å². The second-order valence-electron chi connectivity index (χ2n) is 7.92. The van der Waals surface area contributed by atoms with Crippen molar-refractivity contribution in [1.29, 1.82) is 0 Å². The standard InChI is InChI=1S/C15H22N4O2.C6H12/c20-15(21)17-12-5-6-14(16-11-12)19-9-7-18(8-10-19)13-3-1-2-4-13;1-2-4-6-5-3-1/h5-6,11,13,17H,1-4,7-10H2,(H,20,21);1-6H2. The molecule has 6 heteroatoms. The van der Waals surface area contributed by atoms with E-state index in [0.29, 0.717) is 5.69 Å². The molecule has 0 unspecified atom stereocenters. The second kappa shape index (κ2) is 10.5. The summed E-state index contributed by atoms with van der Waals surface area (Å²) in [5.41, 5.74) is 0.510. The van der Waals surface area contributed by atoms with Crippen LogP contribution in [-0.4, -0.2) is 53.3 Å². The number of aromatic nitrogens is 1. The Kier molecular flexibility index (Phi) is 7.75. The Labute approximate surface area is 163 Å². The van der Waals surface area contributed by atoms with Gasteiger partial charge in [0.25, 0.3) is 0 Å². The number of piperazine rings is 1. The highest BCUT2D eigenvalue weighted by Crippen LogP contribution is 2.25. The molecule has 150 valence electrons. The summed E-state index contributed by atoms with van der Waals surface area (Å²) in [5.74, 6) is 0.928. The van der Waals surface area contributed by atoms with E-state index >= 15 is 0 Å². The summed E-state index contributed by atoms with van der Waals surface area (Å²) in [6, 6.07) is 4.44. The van der Waals surface area contributed by atoms with Gasteiger partial charge in [-0.15, -0.1) is 0 Å². The average Bonchev–Trinajstić information content (AvgIpc) is 3.25. The van der Waals surface area contributed by atoms with Gasteiger partial charge in [0.1, 0.15) is 5.82 Å². The van der Waals surface area contributed by atoms with Gasteiger partial charge >= 0.3 is 6.09 Å². The summed E-state index contributed by atoms with van der Waals surface area (Å²) in [6.45, 7) is 4.19. The van der Waals surface area contributed by atoms with E-state index in [2.05, 4.69) is 20.1 Å². The van der Waals surface area contributed by atoms with Crippen LogP contribution in [0.25, 0.3) is 0 Å². The lowest BCUT2D eigenvalue weighted by molar-refractivity contribution is 0.187. The first-order chi connectivity index (χ1) is 13.2. The van der Waals surface area contributed by atoms with E-state index in [0.717, 1.165) is 38.0 Å². The quantitative estimate of drug-likeness (QED) is 0.811. The van der Waals surface area contributed by atoms with Gasteiger partial charge in [0.2, 0.25) is 0 Å². The number of carbonyl (C=O) groups is 1. The molecule has 0 atom stereocenters. The van der Waals surface area contributed by atoms with Gasteiger partial charge in [-0.3, -0.25) is 10.2 Å². The van der Waals surface area contributed by atoms with E-state index < -0.39 is 6.09 Å². The molecule has 1 amide bonds. The van der Waals surface area contributed by atoms with Crippen molar-refractivity contribution in [3.8, 4) is 0 Å². The molecular formula is C21H34N4O2. The van der Waals surface area contributed by atoms with Gasteiger partial charge in [0.15, 0.2) is 0 Å². The third-order valence-electron chi connectivity index (χ3n) is 5.98. The third kappa shape index (κ3) is 6.38. The first-order valence-electron chi connectivity index (χ1n) is 10.7. The molecule has 2 heterocycles. The Hall–Kier alpha value is -1.82. The fraction of sp³-hybridized carbons (Fsp3) is 0.714. The van der Waals surface area contributed by atoms with Crippen LogP contribution in [0.4, 0.5) is 16.3 Å². The first kappa shape index (κ1) is 19.9. The number of rotatable bonds is 3. The zero-order valence-electron chi connectivity index (χ0n) is 16.4. The SMILES string of the molecule is C1CCCCC1.O=C(O)Nc1ccc(N2CCN(C3CCCC3)CC2)nc1. The van der Waals surface area contributed by atoms with Crippen LogP contribution >= 0.6 is 0 Å². The van der Waals surface area contributed by atoms with Crippen LogP contribution in [0.15, 0.2) is 18.3 Å². The van der Waals surface area contributed by atoms with Crippen LogP contribution in [-0.2, 0) is 0 Å². The fourth-order valence-electron chi connectivity index (χ4n) is 4.42. The van der Waals surface area contributed by atoms with E-state index in [1.165, 1.54) is 64.2 Å². The lowest BCUT2D eigenvalue weighted by atomic mass is 10.0. The number of amides is 1. The Bertz CT molecular complexity index is 549. The van der Waals surface area contributed by atoms with E-state index in [-0.39, 0.29) is 0 Å². The summed E-state index contributed by atoms with van der Waals surface area (Å²) in [4.78, 5) is 19.8. The zero-order valence-corrected chi connectivity index (χ0v) is 16.4. The molecule has 0 spiro atoms. The molecule has 2 saturated carbocycles. The number of carboxylic acid groups (broad SMARTS) is 1. The smallest absolute Gasteiger partial charge is 0.409 e. The highest BCUT2D eigenvalue weighted by atomic mass is 16.4. The van der Waals surface area contributed by atoms with Crippen LogP contribution in [0, 0.1) is 0 Å². The fourth-order valence-corrected chi connectivity index (χ4v) is 4.42. The minimum atomic E-state index is -1.06. The molecule has 1 aromatic rings. The zero-order chi connectivity index (χ0) is 18.9. The first-order valence-corrected chi connectivity index (χ1v) is 10.7. The molecule has 6 nitrogen and oxygen atoms in total. The molecule has 0 bridgehead atoms. The lowest BCUT2D eigenvalue weighted by Gasteiger charge is -2.38. The summed E-state index contributed by atoms with van der Waals surface area (Å²) < 4.78 is 0. The second-order valence-corrected chi connectivity index (χ2v) is 7.92. The van der Waals surface area contributed by atoms with Crippen LogP contribution in [0.2, 0.25) is 0 Å². The highest BCUT2D eigenvalue weighted by Gasteiger charge is 2.26. The van der Waals surface area contributed by atoms with Crippen molar-refractivity contribution < 1.29 is 9.90 Å². The lowest BCUT2D eigenvalue weighted by Crippen LogP contribution is -2.49. The van der Waals surface area contributed by atoms with E-state index in [4.69, 9.17) is 5.11 Å². The minimum Gasteiger partial charge on any atom is -0.465 e. The molecule has 0 aromatic carbocycles. The predicted octanol–water partition coefficient (Wildman–Crippen LogP) is 4.58. The van der Waals surface area contributed by atoms with Crippen molar-refractivity contribution in [3.63, 3.8) is 0 Å². The molecule has 3 aliphatic rings. The van der Waals surface area contributed by atoms with Gasteiger partial charge in [-0.25, -0.2) is 9.78 Å². The minimum absolute atomic E-state index is 0.510. The number of hydrogen-bond donors (Lipinski definition) is 2. The van der Waals surface area contributed by atoms with E-state index in [1.807, 2.05) is 6.07 Å². The molecule has 4 rings (SSSR count). The number of anilines is 2. The highest BCUT2D eigenvalue weighted by molar-refractivity contribution is 5.82. The summed E-state index contributed by atoms with van der Waals surface area (Å²) in [6.07, 6.45) is 15.0. The predicted molar refractivity (Wildman–Crippen MR) is 110 cm³/mol. The maximum atomic E-state index is 10.6. The number of nitrogens with one attached hydrogen (secondary N) is 1. The van der Waals surface area contributed by atoms with Crippen LogP contribution in [0.1, 0.15) is 64.2 Å². The van der Waals surface area contributed by atoms with Gasteiger partial charge in [-0.2, -0.15) is 0 Å². The maximum Gasteiger partial charge on any atom is 0.409 e. The van der Waals surface area contributed by atoms with Crippen molar-refractivity contribution in [2.75, 3.05) is 36.4 Å². The van der Waals surface area contributed by atoms with Crippen molar-refractivity contribution in [2.45, 2.75) is 70.3 Å². The molecule has 3 fully saturated rings. The topological polar surface area (TPSA) is 68.7 Å². The Morgan fingerprint density at radius 3 is 2.00 bits per heavy atom. The summed E-state index contributed by atoms with van der Waals surface area (Å²) in [5, 5.41) is 11.0. The normalized spacial score (nSPS) is 21.4. The molecule has 1 aliphatic heterocycles. The van der Waals surface area contributed by atoms with Gasteiger partial charge in [-0.05, 0) is 25.0 Å². The van der Waals surface area contributed by atoms with Crippen molar-refractivity contribution in [1.82, 2.24) is 9.88 Å². The molecule has 1 saturated heterocycles. The molecular weight excluding hydrogens is 340 g/mol. The average molecular weight is 375 g/mol. The van der Waals surface area contributed by atoms with Crippen LogP contribution in [0.5, 0.6) is 0 Å². The van der Waals surface area contributed by atoms with Gasteiger partial charge in [-0.1, -0.05) is 51.4 Å². The molecule has 27 heavy (non-hydrogen) atoms. The molecule has 2 aliphatic carbocycles. The van der Waals surface area contributed by atoms with Gasteiger partial charge in [0, 0.05) is 32.2 Å². The Balaban J connectivity index is 0.000000299. The van der Waals surface area contributed by atoms with Gasteiger partial charge in [0.05, 0.1) is 11.9 Å². The third-order valence-corrected chi connectivity index (χ3v) is 5.98. The monoisotopic (exact) mass is 374 g/mol. The largest absolute Gasteiger partial charge is 0.465 e. The maximum absolute atomic E-state index is 10.6. The Morgan fingerprint density at radius 1 is 0.926 bits per heavy atom. The number of pyridine rings is 1.